The Kier molecular flexibility index (Phi) is 7.67. The van der Waals surface area contributed by atoms with E-state index < -0.39 is 5.25 Å². The third-order valence-corrected chi connectivity index (χ3v) is 7.60. The highest BCUT2D eigenvalue weighted by Gasteiger charge is 2.39. The molecule has 0 unspecified atom stereocenters. The lowest BCUT2D eigenvalue weighted by molar-refractivity contribution is -0.121. The van der Waals surface area contributed by atoms with Crippen molar-refractivity contribution in [2.24, 2.45) is 10.1 Å². The summed E-state index contributed by atoms with van der Waals surface area (Å²) in [5, 5.41) is 9.96. The van der Waals surface area contributed by atoms with Crippen molar-refractivity contribution in [1.29, 1.82) is 0 Å². The van der Waals surface area contributed by atoms with E-state index in [1.54, 1.807) is 23.2 Å². The number of amides is 2. The summed E-state index contributed by atoms with van der Waals surface area (Å²) >= 11 is 7.33. The molecule has 2 aliphatic heterocycles. The summed E-state index contributed by atoms with van der Waals surface area (Å²) in [6.45, 7) is 0. The normalized spacial score (nSPS) is 18.7. The topological polar surface area (TPSA) is 92.6 Å². The fourth-order valence-electron chi connectivity index (χ4n) is 4.30. The van der Waals surface area contributed by atoms with Crippen molar-refractivity contribution in [2.75, 3.05) is 19.5 Å². The average Bonchev–Trinajstić information content (AvgIpc) is 3.53. The SMILES string of the molecule is COc1cc(NC(=O)C[C@H]2SC(N3N=C(c4ccc(Cl)cc4)C[C@H]3c3ccccc3)=NC2=O)cc(OC)c1. The molecule has 2 atom stereocenters. The minimum absolute atomic E-state index is 0.0341. The molecule has 0 saturated heterocycles. The van der Waals surface area contributed by atoms with Gasteiger partial charge in [0.1, 0.15) is 16.7 Å². The van der Waals surface area contributed by atoms with Gasteiger partial charge in [0.25, 0.3) is 5.91 Å². The third-order valence-electron chi connectivity index (χ3n) is 6.20. The summed E-state index contributed by atoms with van der Waals surface area (Å²) in [5.74, 6) is 0.429. The summed E-state index contributed by atoms with van der Waals surface area (Å²) in [7, 11) is 3.07. The van der Waals surface area contributed by atoms with E-state index in [0.29, 0.717) is 33.8 Å². The molecule has 0 spiro atoms. The number of aliphatic imine (C=N–C) groups is 1. The first kappa shape index (κ1) is 25.8. The van der Waals surface area contributed by atoms with Gasteiger partial charge in [0.05, 0.1) is 26.0 Å². The molecule has 2 heterocycles. The highest BCUT2D eigenvalue weighted by Crippen LogP contribution is 2.38. The zero-order chi connectivity index (χ0) is 26.6. The van der Waals surface area contributed by atoms with Gasteiger partial charge in [-0.1, -0.05) is 65.8 Å². The predicted octanol–water partition coefficient (Wildman–Crippen LogP) is 5.54. The van der Waals surface area contributed by atoms with Crippen LogP contribution in [-0.2, 0) is 9.59 Å². The number of halogens is 1. The van der Waals surface area contributed by atoms with Gasteiger partial charge in [-0.25, -0.2) is 5.01 Å². The zero-order valence-electron chi connectivity index (χ0n) is 20.8. The number of benzene rings is 3. The Hall–Kier alpha value is -3.82. The van der Waals surface area contributed by atoms with Crippen LogP contribution in [0.3, 0.4) is 0 Å². The molecule has 2 amide bonds. The number of amidine groups is 1. The number of hydrogen-bond acceptors (Lipinski definition) is 7. The third kappa shape index (κ3) is 5.69. The summed E-state index contributed by atoms with van der Waals surface area (Å²) in [6, 6.07) is 22.5. The second-order valence-corrected chi connectivity index (χ2v) is 10.3. The van der Waals surface area contributed by atoms with Crippen LogP contribution in [-0.4, -0.2) is 47.2 Å². The lowest BCUT2D eigenvalue weighted by Crippen LogP contribution is -2.25. The maximum absolute atomic E-state index is 12.8. The number of carbonyl (C=O) groups excluding carboxylic acids is 2. The van der Waals surface area contributed by atoms with Crippen molar-refractivity contribution in [2.45, 2.75) is 24.1 Å². The van der Waals surface area contributed by atoms with E-state index in [1.165, 1.54) is 26.0 Å². The van der Waals surface area contributed by atoms with E-state index in [4.69, 9.17) is 26.2 Å². The highest BCUT2D eigenvalue weighted by molar-refractivity contribution is 8.15. The first-order chi connectivity index (χ1) is 18.4. The molecule has 0 fully saturated rings. The van der Waals surface area contributed by atoms with E-state index in [9.17, 15) is 9.59 Å². The molecule has 3 aromatic carbocycles. The van der Waals surface area contributed by atoms with Crippen molar-refractivity contribution in [3.63, 3.8) is 0 Å². The van der Waals surface area contributed by atoms with Gasteiger partial charge in [0.15, 0.2) is 5.17 Å². The monoisotopic (exact) mass is 548 g/mol. The van der Waals surface area contributed by atoms with Crippen LogP contribution in [0.5, 0.6) is 11.5 Å². The quantitative estimate of drug-likeness (QED) is 0.417. The maximum atomic E-state index is 12.8. The van der Waals surface area contributed by atoms with Crippen LogP contribution >= 0.6 is 23.4 Å². The minimum Gasteiger partial charge on any atom is -0.497 e. The van der Waals surface area contributed by atoms with Crippen LogP contribution in [0.2, 0.25) is 5.02 Å². The fraction of sp³-hybridized carbons (Fsp3) is 0.214. The second kappa shape index (κ2) is 11.3. The Morgan fingerprint density at radius 3 is 2.39 bits per heavy atom. The van der Waals surface area contributed by atoms with Crippen molar-refractivity contribution in [1.82, 2.24) is 5.01 Å². The average molecular weight is 549 g/mol. The molecule has 2 aliphatic rings. The molecule has 0 saturated carbocycles. The molecule has 8 nitrogen and oxygen atoms in total. The molecule has 0 aliphatic carbocycles. The smallest absolute Gasteiger partial charge is 0.262 e. The van der Waals surface area contributed by atoms with E-state index in [0.717, 1.165) is 16.8 Å². The number of thioether (sulfide) groups is 1. The van der Waals surface area contributed by atoms with Gasteiger partial charge in [0.2, 0.25) is 5.91 Å². The van der Waals surface area contributed by atoms with Gasteiger partial charge in [-0.2, -0.15) is 10.1 Å². The number of nitrogens with zero attached hydrogens (tertiary/aromatic N) is 3. The molecule has 1 N–H and O–H groups in total. The van der Waals surface area contributed by atoms with Gasteiger partial charge in [-0.05, 0) is 23.3 Å². The Morgan fingerprint density at radius 1 is 1.05 bits per heavy atom. The van der Waals surface area contributed by atoms with Crippen molar-refractivity contribution >= 4 is 51.7 Å². The molecular weight excluding hydrogens is 524 g/mol. The Morgan fingerprint density at radius 2 is 1.74 bits per heavy atom. The van der Waals surface area contributed by atoms with Crippen LogP contribution in [0.1, 0.15) is 30.0 Å². The van der Waals surface area contributed by atoms with E-state index in [-0.39, 0.29) is 24.3 Å². The highest BCUT2D eigenvalue weighted by atomic mass is 35.5. The number of carbonyl (C=O) groups is 2. The summed E-state index contributed by atoms with van der Waals surface area (Å²) in [4.78, 5) is 30.0. The first-order valence-corrected chi connectivity index (χ1v) is 13.2. The molecule has 0 aromatic heterocycles. The van der Waals surface area contributed by atoms with Crippen molar-refractivity contribution < 1.29 is 19.1 Å². The van der Waals surface area contributed by atoms with Crippen LogP contribution in [0, 0.1) is 0 Å². The Labute approximate surface area is 229 Å². The summed E-state index contributed by atoms with van der Waals surface area (Å²) in [5.41, 5.74) is 3.41. The van der Waals surface area contributed by atoms with Gasteiger partial charge in [-0.15, -0.1) is 0 Å². The van der Waals surface area contributed by atoms with Gasteiger partial charge >= 0.3 is 0 Å². The zero-order valence-corrected chi connectivity index (χ0v) is 22.3. The van der Waals surface area contributed by atoms with E-state index in [2.05, 4.69) is 10.3 Å². The Balaban J connectivity index is 1.32. The Bertz CT molecular complexity index is 1390. The molecular formula is C28H25ClN4O4S. The standard InChI is InChI=1S/C28H25ClN4O4S/c1-36-21-12-20(13-22(14-21)37-2)30-26(34)16-25-27(35)31-28(38-25)33-24(18-6-4-3-5-7-18)15-23(32-33)17-8-10-19(29)11-9-17/h3-14,24-25H,15-16H2,1-2H3,(H,30,34)/t24-,25+/m0/s1. The van der Waals surface area contributed by atoms with Crippen molar-refractivity contribution in [3.05, 3.63) is 88.9 Å². The minimum atomic E-state index is -0.649. The number of anilines is 1. The van der Waals surface area contributed by atoms with Crippen molar-refractivity contribution in [3.8, 4) is 11.5 Å². The predicted molar refractivity (Wildman–Crippen MR) is 150 cm³/mol. The summed E-state index contributed by atoms with van der Waals surface area (Å²) < 4.78 is 10.5. The molecule has 38 heavy (non-hydrogen) atoms. The molecule has 3 aromatic rings. The van der Waals surface area contributed by atoms with E-state index >= 15 is 0 Å². The van der Waals surface area contributed by atoms with Crippen LogP contribution < -0.4 is 14.8 Å². The van der Waals surface area contributed by atoms with Crippen LogP contribution in [0.4, 0.5) is 5.69 Å². The molecule has 10 heteroatoms. The number of nitrogens with one attached hydrogen (secondary N) is 1. The fourth-order valence-corrected chi connectivity index (χ4v) is 5.49. The molecule has 0 bridgehead atoms. The largest absolute Gasteiger partial charge is 0.497 e. The number of ether oxygens (including phenoxy) is 2. The van der Waals surface area contributed by atoms with Crippen LogP contribution in [0.15, 0.2) is 82.9 Å². The second-order valence-electron chi connectivity index (χ2n) is 8.72. The molecule has 5 rings (SSSR count). The molecule has 0 radical (unpaired) electrons. The lowest BCUT2D eigenvalue weighted by atomic mass is 9.99. The number of rotatable bonds is 7. The number of methoxy groups -OCH3 is 2. The van der Waals surface area contributed by atoms with Gasteiger partial charge in [-0.3, -0.25) is 9.59 Å². The lowest BCUT2D eigenvalue weighted by Gasteiger charge is -2.23. The number of hydrogen-bond donors (Lipinski definition) is 1. The van der Waals surface area contributed by atoms with Gasteiger partial charge in [0, 0.05) is 41.8 Å². The first-order valence-electron chi connectivity index (χ1n) is 11.9. The number of hydrazone groups is 1. The maximum Gasteiger partial charge on any atom is 0.262 e. The van der Waals surface area contributed by atoms with Crippen LogP contribution in [0.25, 0.3) is 0 Å². The molecule has 194 valence electrons. The van der Waals surface area contributed by atoms with E-state index in [1.807, 2.05) is 54.6 Å². The van der Waals surface area contributed by atoms with Gasteiger partial charge < -0.3 is 14.8 Å². The summed E-state index contributed by atoms with van der Waals surface area (Å²) in [6.07, 6.45) is 0.607.